The van der Waals surface area contributed by atoms with Crippen LogP contribution in [0.15, 0.2) is 4.99 Å². The van der Waals surface area contributed by atoms with Crippen LogP contribution in [0, 0.1) is 0 Å². The van der Waals surface area contributed by atoms with Crippen LogP contribution in [0.1, 0.15) is 53.4 Å². The topological polar surface area (TPSA) is 236 Å². The van der Waals surface area contributed by atoms with Crippen molar-refractivity contribution in [2.45, 2.75) is 77.1 Å². The number of carboxylic acids is 2. The lowest BCUT2D eigenvalue weighted by Crippen LogP contribution is -2.55. The first-order valence-electron chi connectivity index (χ1n) is 10.2. The van der Waals surface area contributed by atoms with Crippen molar-refractivity contribution < 1.29 is 38.9 Å². The average Bonchev–Trinajstić information content (AvgIpc) is 2.65. The fraction of sp³-hybridized carbons (Fsp3) is 0.684. The van der Waals surface area contributed by atoms with Crippen molar-refractivity contribution in [3.05, 3.63) is 0 Å². The molecule has 0 aromatic carbocycles. The lowest BCUT2D eigenvalue weighted by atomic mass is 10.1. The minimum Gasteiger partial charge on any atom is -0.481 e. The maximum absolute atomic E-state index is 12.8. The van der Waals surface area contributed by atoms with Crippen LogP contribution in [0.5, 0.6) is 0 Å². The Balaban J connectivity index is 5.46. The molecule has 9 N–H and O–H groups in total. The smallest absolute Gasteiger partial charge is 0.408 e. The molecule has 3 atom stereocenters. The van der Waals surface area contributed by atoms with E-state index in [-0.39, 0.29) is 31.8 Å². The summed E-state index contributed by atoms with van der Waals surface area (Å²) in [5.74, 6) is -4.25. The predicted octanol–water partition coefficient (Wildman–Crippen LogP) is -1.13. The zero-order valence-electron chi connectivity index (χ0n) is 19.2. The maximum Gasteiger partial charge on any atom is 0.408 e. The van der Waals surface area contributed by atoms with Crippen molar-refractivity contribution in [1.82, 2.24) is 16.0 Å². The summed E-state index contributed by atoms with van der Waals surface area (Å²) in [6.45, 7) is 6.23. The van der Waals surface area contributed by atoms with E-state index in [1.165, 1.54) is 6.92 Å². The Hall–Kier alpha value is -3.58. The molecular formula is C19H34N6O8. The molecule has 0 radical (unpaired) electrons. The molecule has 0 heterocycles. The molecule has 0 saturated heterocycles. The Bertz CT molecular complexity index is 745. The lowest BCUT2D eigenvalue weighted by Gasteiger charge is -2.25. The highest BCUT2D eigenvalue weighted by Gasteiger charge is 2.29. The van der Waals surface area contributed by atoms with Gasteiger partial charge >= 0.3 is 18.0 Å². The number of carboxylic acid groups (broad SMARTS) is 2. The molecule has 0 aromatic rings. The van der Waals surface area contributed by atoms with Crippen LogP contribution in [-0.4, -0.2) is 76.3 Å². The number of aliphatic imine (C=N–C) groups is 1. The molecule has 188 valence electrons. The van der Waals surface area contributed by atoms with Crippen molar-refractivity contribution in [2.75, 3.05) is 6.54 Å². The van der Waals surface area contributed by atoms with E-state index in [0.717, 1.165) is 0 Å². The summed E-state index contributed by atoms with van der Waals surface area (Å²) < 4.78 is 5.10. The fourth-order valence-corrected chi connectivity index (χ4v) is 2.41. The molecule has 0 unspecified atom stereocenters. The molecule has 0 rings (SSSR count). The number of ether oxygens (including phenoxy) is 1. The number of carbonyl (C=O) groups excluding carboxylic acids is 3. The Kier molecular flexibility index (Phi) is 12.3. The summed E-state index contributed by atoms with van der Waals surface area (Å²) in [5.41, 5.74) is 9.64. The van der Waals surface area contributed by atoms with Gasteiger partial charge in [0.05, 0.1) is 0 Å². The Morgan fingerprint density at radius 2 is 1.48 bits per heavy atom. The van der Waals surface area contributed by atoms with Gasteiger partial charge in [-0.05, 0) is 47.0 Å². The Morgan fingerprint density at radius 3 is 1.97 bits per heavy atom. The summed E-state index contributed by atoms with van der Waals surface area (Å²) in [5, 5.41) is 24.9. The van der Waals surface area contributed by atoms with E-state index in [1.807, 2.05) is 0 Å². The molecule has 0 bridgehead atoms. The lowest BCUT2D eigenvalue weighted by molar-refractivity contribution is -0.141. The number of guanidine groups is 1. The number of nitrogens with zero attached hydrogens (tertiary/aromatic N) is 1. The van der Waals surface area contributed by atoms with Gasteiger partial charge < -0.3 is 42.4 Å². The standard InChI is InChI=1S/C19H34N6O8/c1-10(16(30)31)23-14(28)11(6-5-9-22-17(20)21)24-15(29)12(7-8-13(26)27)25-18(32)33-19(2,3)4/h10-12H,5-9H2,1-4H3,(H,23,28)(H,24,29)(H,25,32)(H,26,27)(H,30,31)(H4,20,21,22)/t10-,11-,12-/m0/s1. The van der Waals surface area contributed by atoms with Gasteiger partial charge in [0.25, 0.3) is 0 Å². The largest absolute Gasteiger partial charge is 0.481 e. The number of aliphatic carboxylic acids is 2. The third kappa shape index (κ3) is 14.2. The zero-order chi connectivity index (χ0) is 25.8. The van der Waals surface area contributed by atoms with Gasteiger partial charge in [-0.1, -0.05) is 0 Å². The first-order valence-corrected chi connectivity index (χ1v) is 10.2. The first-order chi connectivity index (χ1) is 15.1. The second-order valence-electron chi connectivity index (χ2n) is 8.21. The number of rotatable bonds is 13. The molecule has 0 aliphatic carbocycles. The molecule has 0 aliphatic heterocycles. The van der Waals surface area contributed by atoms with Gasteiger partial charge in [-0.2, -0.15) is 0 Å². The van der Waals surface area contributed by atoms with Crippen LogP contribution in [0.3, 0.4) is 0 Å². The molecule has 0 fully saturated rings. The van der Waals surface area contributed by atoms with Crippen LogP contribution in [0.2, 0.25) is 0 Å². The van der Waals surface area contributed by atoms with Gasteiger partial charge in [-0.3, -0.25) is 24.2 Å². The second-order valence-corrected chi connectivity index (χ2v) is 8.21. The van der Waals surface area contributed by atoms with Crippen LogP contribution in [0.4, 0.5) is 4.79 Å². The quantitative estimate of drug-likeness (QED) is 0.0963. The van der Waals surface area contributed by atoms with Crippen LogP contribution in [-0.2, 0) is 23.9 Å². The molecule has 0 spiro atoms. The second kappa shape index (κ2) is 13.8. The number of alkyl carbamates (subject to hydrolysis) is 1. The van der Waals surface area contributed by atoms with Crippen molar-refractivity contribution in [1.29, 1.82) is 0 Å². The Labute approximate surface area is 191 Å². The van der Waals surface area contributed by atoms with Gasteiger partial charge in [-0.25, -0.2) is 4.79 Å². The van der Waals surface area contributed by atoms with Crippen molar-refractivity contribution >= 4 is 35.8 Å². The number of amides is 3. The van der Waals surface area contributed by atoms with E-state index in [2.05, 4.69) is 20.9 Å². The number of carbonyl (C=O) groups is 5. The van der Waals surface area contributed by atoms with Gasteiger partial charge in [0, 0.05) is 13.0 Å². The minimum absolute atomic E-state index is 0.0405. The highest BCUT2D eigenvalue weighted by molar-refractivity contribution is 5.93. The van der Waals surface area contributed by atoms with E-state index in [1.54, 1.807) is 20.8 Å². The molecule has 3 amide bonds. The fourth-order valence-electron chi connectivity index (χ4n) is 2.41. The molecular weight excluding hydrogens is 440 g/mol. The first kappa shape index (κ1) is 29.4. The van der Waals surface area contributed by atoms with Crippen molar-refractivity contribution in [3.8, 4) is 0 Å². The van der Waals surface area contributed by atoms with E-state index >= 15 is 0 Å². The molecule has 0 saturated carbocycles. The van der Waals surface area contributed by atoms with Crippen molar-refractivity contribution in [3.63, 3.8) is 0 Å². The van der Waals surface area contributed by atoms with Crippen LogP contribution in [0.25, 0.3) is 0 Å². The normalized spacial score (nSPS) is 13.6. The molecule has 14 heteroatoms. The van der Waals surface area contributed by atoms with Crippen LogP contribution < -0.4 is 27.4 Å². The number of nitrogens with two attached hydrogens (primary N) is 2. The summed E-state index contributed by atoms with van der Waals surface area (Å²) in [6, 6.07) is -3.74. The van der Waals surface area contributed by atoms with Gasteiger partial charge in [0.2, 0.25) is 11.8 Å². The van der Waals surface area contributed by atoms with Gasteiger partial charge in [-0.15, -0.1) is 0 Å². The number of hydrogen-bond acceptors (Lipinski definition) is 7. The third-order valence-electron chi connectivity index (χ3n) is 3.96. The highest BCUT2D eigenvalue weighted by Crippen LogP contribution is 2.09. The number of hydrogen-bond donors (Lipinski definition) is 7. The average molecular weight is 475 g/mol. The monoisotopic (exact) mass is 474 g/mol. The summed E-state index contributed by atoms with van der Waals surface area (Å²) in [4.78, 5) is 63.2. The number of nitrogens with one attached hydrogen (secondary N) is 3. The molecule has 33 heavy (non-hydrogen) atoms. The van der Waals surface area contributed by atoms with Crippen LogP contribution >= 0.6 is 0 Å². The molecule has 0 aliphatic rings. The minimum atomic E-state index is -1.32. The summed E-state index contributed by atoms with van der Waals surface area (Å²) in [7, 11) is 0. The van der Waals surface area contributed by atoms with E-state index in [0.29, 0.717) is 0 Å². The van der Waals surface area contributed by atoms with Gasteiger partial charge in [0.15, 0.2) is 5.96 Å². The van der Waals surface area contributed by atoms with E-state index < -0.39 is 60.0 Å². The summed E-state index contributed by atoms with van der Waals surface area (Å²) >= 11 is 0. The Morgan fingerprint density at radius 1 is 0.939 bits per heavy atom. The molecule has 0 aromatic heterocycles. The van der Waals surface area contributed by atoms with Crippen molar-refractivity contribution in [2.24, 2.45) is 16.5 Å². The summed E-state index contributed by atoms with van der Waals surface area (Å²) in [6.07, 6.45) is -1.35. The van der Waals surface area contributed by atoms with Gasteiger partial charge in [0.1, 0.15) is 23.7 Å². The predicted molar refractivity (Wildman–Crippen MR) is 117 cm³/mol. The zero-order valence-corrected chi connectivity index (χ0v) is 19.2. The van der Waals surface area contributed by atoms with E-state index in [4.69, 9.17) is 26.4 Å². The SMILES string of the molecule is C[C@H](NC(=O)[C@H](CCCN=C(N)N)NC(=O)[C@H](CCC(=O)O)NC(=O)OC(C)(C)C)C(=O)O. The highest BCUT2D eigenvalue weighted by atomic mass is 16.6. The van der Waals surface area contributed by atoms with E-state index in [9.17, 15) is 24.0 Å². The third-order valence-corrected chi connectivity index (χ3v) is 3.96. The maximum atomic E-state index is 12.8. The molecule has 14 nitrogen and oxygen atoms in total.